The molecule has 0 spiro atoms. The molecular weight excluding hydrogens is 377 g/mol. The van der Waals surface area contributed by atoms with Crippen molar-refractivity contribution < 1.29 is 9.18 Å². The van der Waals surface area contributed by atoms with Crippen LogP contribution in [0.5, 0.6) is 0 Å². The van der Waals surface area contributed by atoms with Crippen molar-refractivity contribution in [3.8, 4) is 0 Å². The van der Waals surface area contributed by atoms with E-state index in [0.29, 0.717) is 22.9 Å². The van der Waals surface area contributed by atoms with Gasteiger partial charge in [0.25, 0.3) is 0 Å². The molecule has 0 atom stereocenters. The van der Waals surface area contributed by atoms with Gasteiger partial charge in [-0.15, -0.1) is 0 Å². The largest absolute Gasteiger partial charge is 0.378 e. The lowest BCUT2D eigenvalue weighted by Gasteiger charge is -2.24. The molecular formula is C22H21ClFN3O. The molecule has 6 heteroatoms. The van der Waals surface area contributed by atoms with Crippen LogP contribution in [0.2, 0.25) is 5.02 Å². The second-order valence-electron chi connectivity index (χ2n) is 6.56. The summed E-state index contributed by atoms with van der Waals surface area (Å²) in [5, 5.41) is 3.45. The van der Waals surface area contributed by atoms with Gasteiger partial charge in [0, 0.05) is 36.2 Å². The van der Waals surface area contributed by atoms with Crippen LogP contribution in [0, 0.1) is 5.82 Å². The van der Waals surface area contributed by atoms with E-state index in [-0.39, 0.29) is 11.8 Å². The van der Waals surface area contributed by atoms with E-state index in [1.807, 2.05) is 43.3 Å². The summed E-state index contributed by atoms with van der Waals surface area (Å²) in [6, 6.07) is 20.4. The normalized spacial score (nSPS) is 10.4. The second-order valence-corrected chi connectivity index (χ2v) is 7.00. The summed E-state index contributed by atoms with van der Waals surface area (Å²) in [5.41, 5.74) is 3.26. The van der Waals surface area contributed by atoms with Crippen molar-refractivity contribution in [1.82, 2.24) is 0 Å². The molecule has 3 aromatic carbocycles. The Bertz CT molecular complexity index is 926. The van der Waals surface area contributed by atoms with E-state index in [4.69, 9.17) is 11.6 Å². The molecule has 0 saturated heterocycles. The molecule has 3 rings (SSSR count). The summed E-state index contributed by atoms with van der Waals surface area (Å²) in [4.78, 5) is 16.5. The first kappa shape index (κ1) is 19.7. The topological polar surface area (TPSA) is 35.6 Å². The van der Waals surface area contributed by atoms with E-state index in [0.717, 1.165) is 11.3 Å². The number of halogens is 2. The number of urea groups is 1. The zero-order valence-electron chi connectivity index (χ0n) is 15.7. The summed E-state index contributed by atoms with van der Waals surface area (Å²) in [7, 11) is 3.94. The third-order valence-corrected chi connectivity index (χ3v) is 4.52. The highest BCUT2D eigenvalue weighted by Gasteiger charge is 2.17. The zero-order chi connectivity index (χ0) is 20.1. The van der Waals surface area contributed by atoms with Crippen molar-refractivity contribution in [1.29, 1.82) is 0 Å². The number of carbonyl (C=O) groups excluding carboxylic acids is 1. The van der Waals surface area contributed by atoms with Crippen LogP contribution in [0.4, 0.5) is 26.2 Å². The molecule has 0 radical (unpaired) electrons. The number of amides is 2. The standard InChI is InChI=1S/C22H21ClFN3O/c1-26(2)20-11-3-16(4-12-20)15-27(21-13-7-18(24)8-14-21)22(28)25-19-9-5-17(23)6-10-19/h3-14H,15H2,1-2H3,(H,25,28). The summed E-state index contributed by atoms with van der Waals surface area (Å²) in [5.74, 6) is -0.350. The summed E-state index contributed by atoms with van der Waals surface area (Å²) >= 11 is 5.90. The van der Waals surface area contributed by atoms with Gasteiger partial charge in [-0.2, -0.15) is 0 Å². The number of anilines is 3. The number of benzene rings is 3. The average molecular weight is 398 g/mol. The predicted octanol–water partition coefficient (Wildman–Crippen LogP) is 5.78. The number of rotatable bonds is 5. The van der Waals surface area contributed by atoms with Gasteiger partial charge in [0.05, 0.1) is 6.54 Å². The lowest BCUT2D eigenvalue weighted by molar-refractivity contribution is 0.256. The summed E-state index contributed by atoms with van der Waals surface area (Å²) < 4.78 is 13.3. The maximum Gasteiger partial charge on any atom is 0.326 e. The minimum Gasteiger partial charge on any atom is -0.378 e. The molecule has 0 aliphatic heterocycles. The van der Waals surface area contributed by atoms with E-state index in [2.05, 4.69) is 5.32 Å². The maximum absolute atomic E-state index is 13.3. The molecule has 2 amide bonds. The van der Waals surface area contributed by atoms with E-state index >= 15 is 0 Å². The molecule has 0 aromatic heterocycles. The predicted molar refractivity (Wildman–Crippen MR) is 114 cm³/mol. The van der Waals surface area contributed by atoms with Crippen LogP contribution in [0.1, 0.15) is 5.56 Å². The minimum atomic E-state index is -0.350. The van der Waals surface area contributed by atoms with Crippen molar-refractivity contribution >= 4 is 34.7 Å². The van der Waals surface area contributed by atoms with Crippen LogP contribution in [0.25, 0.3) is 0 Å². The van der Waals surface area contributed by atoms with Gasteiger partial charge in [0.2, 0.25) is 0 Å². The van der Waals surface area contributed by atoms with Gasteiger partial charge in [0.1, 0.15) is 5.82 Å². The van der Waals surface area contributed by atoms with Crippen molar-refractivity contribution in [3.05, 3.63) is 89.2 Å². The van der Waals surface area contributed by atoms with E-state index in [1.54, 1.807) is 41.3 Å². The molecule has 0 saturated carbocycles. The first-order valence-electron chi connectivity index (χ1n) is 8.78. The summed E-state index contributed by atoms with van der Waals surface area (Å²) in [6.45, 7) is 0.346. The molecule has 0 bridgehead atoms. The molecule has 0 heterocycles. The number of nitrogens with zero attached hydrogens (tertiary/aromatic N) is 2. The quantitative estimate of drug-likeness (QED) is 0.592. The molecule has 0 aliphatic rings. The summed E-state index contributed by atoms with van der Waals surface area (Å²) in [6.07, 6.45) is 0. The highest BCUT2D eigenvalue weighted by Crippen LogP contribution is 2.22. The number of hydrogen-bond donors (Lipinski definition) is 1. The molecule has 4 nitrogen and oxygen atoms in total. The van der Waals surface area contributed by atoms with Crippen LogP contribution >= 0.6 is 11.6 Å². The number of nitrogens with one attached hydrogen (secondary N) is 1. The van der Waals surface area contributed by atoms with Gasteiger partial charge in [-0.1, -0.05) is 23.7 Å². The third kappa shape index (κ3) is 5.02. The van der Waals surface area contributed by atoms with Crippen LogP contribution in [0.15, 0.2) is 72.8 Å². The first-order valence-corrected chi connectivity index (χ1v) is 9.16. The Morgan fingerprint density at radius 1 is 0.893 bits per heavy atom. The Balaban J connectivity index is 1.84. The van der Waals surface area contributed by atoms with Crippen LogP contribution in [-0.4, -0.2) is 20.1 Å². The molecule has 28 heavy (non-hydrogen) atoms. The van der Waals surface area contributed by atoms with Crippen LogP contribution in [-0.2, 0) is 6.54 Å². The van der Waals surface area contributed by atoms with Gasteiger partial charge in [-0.3, -0.25) is 4.90 Å². The molecule has 1 N–H and O–H groups in total. The molecule has 144 valence electrons. The highest BCUT2D eigenvalue weighted by molar-refractivity contribution is 6.30. The van der Waals surface area contributed by atoms with Gasteiger partial charge in [-0.25, -0.2) is 9.18 Å². The lowest BCUT2D eigenvalue weighted by atomic mass is 10.1. The Kier molecular flexibility index (Phi) is 6.16. The first-order chi connectivity index (χ1) is 13.4. The Labute approximate surface area is 169 Å². The second kappa shape index (κ2) is 8.76. The zero-order valence-corrected chi connectivity index (χ0v) is 16.4. The number of hydrogen-bond acceptors (Lipinski definition) is 2. The monoisotopic (exact) mass is 397 g/mol. The Morgan fingerprint density at radius 2 is 1.46 bits per heavy atom. The van der Waals surface area contributed by atoms with Crippen molar-refractivity contribution in [2.75, 3.05) is 29.2 Å². The van der Waals surface area contributed by atoms with Gasteiger partial charge in [-0.05, 0) is 66.2 Å². The van der Waals surface area contributed by atoms with Gasteiger partial charge >= 0.3 is 6.03 Å². The van der Waals surface area contributed by atoms with E-state index in [1.165, 1.54) is 12.1 Å². The Hall–Kier alpha value is -3.05. The van der Waals surface area contributed by atoms with Crippen molar-refractivity contribution in [3.63, 3.8) is 0 Å². The fourth-order valence-corrected chi connectivity index (χ4v) is 2.83. The molecule has 3 aromatic rings. The SMILES string of the molecule is CN(C)c1ccc(CN(C(=O)Nc2ccc(Cl)cc2)c2ccc(F)cc2)cc1. The van der Waals surface area contributed by atoms with Crippen molar-refractivity contribution in [2.24, 2.45) is 0 Å². The molecule has 0 fully saturated rings. The minimum absolute atomic E-state index is 0.314. The van der Waals surface area contributed by atoms with Crippen molar-refractivity contribution in [2.45, 2.75) is 6.54 Å². The van der Waals surface area contributed by atoms with E-state index < -0.39 is 0 Å². The maximum atomic E-state index is 13.3. The van der Waals surface area contributed by atoms with Gasteiger partial charge < -0.3 is 10.2 Å². The molecule has 0 unspecified atom stereocenters. The fraction of sp³-hybridized carbons (Fsp3) is 0.136. The third-order valence-electron chi connectivity index (χ3n) is 4.27. The lowest BCUT2D eigenvalue weighted by Crippen LogP contribution is -2.34. The number of carbonyl (C=O) groups is 1. The highest BCUT2D eigenvalue weighted by atomic mass is 35.5. The Morgan fingerprint density at radius 3 is 2.04 bits per heavy atom. The van der Waals surface area contributed by atoms with E-state index in [9.17, 15) is 9.18 Å². The van der Waals surface area contributed by atoms with Crippen LogP contribution in [0.3, 0.4) is 0 Å². The van der Waals surface area contributed by atoms with Crippen LogP contribution < -0.4 is 15.1 Å². The fourth-order valence-electron chi connectivity index (χ4n) is 2.71. The average Bonchev–Trinajstić information content (AvgIpc) is 2.69. The smallest absolute Gasteiger partial charge is 0.326 e. The van der Waals surface area contributed by atoms with Gasteiger partial charge in [0.15, 0.2) is 0 Å². The molecule has 0 aliphatic carbocycles.